The zero-order chi connectivity index (χ0) is 17.1. The lowest BCUT2D eigenvalue weighted by Gasteiger charge is -2.14. The van der Waals surface area contributed by atoms with Crippen LogP contribution in [0, 0.1) is 0 Å². The molecule has 23 heavy (non-hydrogen) atoms. The van der Waals surface area contributed by atoms with Crippen molar-refractivity contribution in [3.05, 3.63) is 29.8 Å². The van der Waals surface area contributed by atoms with Gasteiger partial charge in [0.05, 0.1) is 6.42 Å². The molecule has 0 unspecified atom stereocenters. The number of amides is 1. The van der Waals surface area contributed by atoms with Crippen molar-refractivity contribution >= 4 is 17.6 Å². The van der Waals surface area contributed by atoms with Gasteiger partial charge in [0.25, 0.3) is 0 Å². The van der Waals surface area contributed by atoms with Gasteiger partial charge in [-0.1, -0.05) is 25.5 Å². The molecular formula is C17H27N3O3. The number of anilines is 1. The predicted molar refractivity (Wildman–Crippen MR) is 91.4 cm³/mol. The lowest BCUT2D eigenvalue weighted by molar-refractivity contribution is -0.141. The molecule has 0 aliphatic rings. The Morgan fingerprint density at radius 3 is 2.48 bits per heavy atom. The van der Waals surface area contributed by atoms with Crippen LogP contribution in [0.1, 0.15) is 38.2 Å². The number of carboxylic acid groups (broad SMARTS) is 1. The highest BCUT2D eigenvalue weighted by atomic mass is 16.4. The average Bonchev–Trinajstić information content (AvgIpc) is 2.53. The van der Waals surface area contributed by atoms with E-state index in [1.165, 1.54) is 5.56 Å². The van der Waals surface area contributed by atoms with Gasteiger partial charge in [0.2, 0.25) is 5.91 Å². The number of hydrogen-bond donors (Lipinski definition) is 4. The molecule has 1 amide bonds. The number of benzene rings is 1. The van der Waals surface area contributed by atoms with Gasteiger partial charge < -0.3 is 21.5 Å². The van der Waals surface area contributed by atoms with Crippen molar-refractivity contribution in [3.63, 3.8) is 0 Å². The SMILES string of the molecule is CCCCc1ccc(NC(=O)C[C@@H](NCCCN)C(=O)O)cc1. The molecule has 6 nitrogen and oxygen atoms in total. The molecule has 128 valence electrons. The van der Waals surface area contributed by atoms with Crippen LogP contribution < -0.4 is 16.4 Å². The zero-order valence-corrected chi connectivity index (χ0v) is 13.7. The van der Waals surface area contributed by atoms with E-state index in [-0.39, 0.29) is 12.3 Å². The fourth-order valence-electron chi connectivity index (χ4n) is 2.16. The molecule has 6 heteroatoms. The quantitative estimate of drug-likeness (QED) is 0.465. The van der Waals surface area contributed by atoms with E-state index in [0.29, 0.717) is 25.2 Å². The fourth-order valence-corrected chi connectivity index (χ4v) is 2.16. The van der Waals surface area contributed by atoms with Gasteiger partial charge >= 0.3 is 5.97 Å². The third-order valence-corrected chi connectivity index (χ3v) is 3.52. The first kappa shape index (κ1) is 19.1. The zero-order valence-electron chi connectivity index (χ0n) is 13.7. The van der Waals surface area contributed by atoms with Gasteiger partial charge in [-0.2, -0.15) is 0 Å². The van der Waals surface area contributed by atoms with Crippen LogP contribution in [0.2, 0.25) is 0 Å². The molecule has 5 N–H and O–H groups in total. The van der Waals surface area contributed by atoms with Gasteiger partial charge in [-0.05, 0) is 50.0 Å². The van der Waals surface area contributed by atoms with Gasteiger partial charge in [0, 0.05) is 5.69 Å². The fraction of sp³-hybridized carbons (Fsp3) is 0.529. The van der Waals surface area contributed by atoms with E-state index in [0.717, 1.165) is 19.3 Å². The molecule has 1 aromatic rings. The second-order valence-electron chi connectivity index (χ2n) is 5.54. The Morgan fingerprint density at radius 1 is 1.22 bits per heavy atom. The summed E-state index contributed by atoms with van der Waals surface area (Å²) in [5.74, 6) is -1.36. The van der Waals surface area contributed by atoms with E-state index in [1.54, 1.807) is 0 Å². The molecule has 0 fully saturated rings. The first-order valence-electron chi connectivity index (χ1n) is 8.11. The van der Waals surface area contributed by atoms with Crippen molar-refractivity contribution in [1.82, 2.24) is 5.32 Å². The largest absolute Gasteiger partial charge is 0.480 e. The summed E-state index contributed by atoms with van der Waals surface area (Å²) in [5, 5.41) is 14.7. The lowest BCUT2D eigenvalue weighted by atomic mass is 10.1. The van der Waals surface area contributed by atoms with Crippen LogP contribution in [0.3, 0.4) is 0 Å². The van der Waals surface area contributed by atoms with Crippen LogP contribution in [-0.4, -0.2) is 36.1 Å². The first-order chi connectivity index (χ1) is 11.1. The maximum absolute atomic E-state index is 12.0. The van der Waals surface area contributed by atoms with Gasteiger partial charge in [0.15, 0.2) is 0 Å². The highest BCUT2D eigenvalue weighted by Gasteiger charge is 2.20. The third kappa shape index (κ3) is 7.76. The van der Waals surface area contributed by atoms with E-state index in [9.17, 15) is 9.59 Å². The molecule has 0 heterocycles. The summed E-state index contributed by atoms with van der Waals surface area (Å²) < 4.78 is 0. The Balaban J connectivity index is 2.48. The van der Waals surface area contributed by atoms with Crippen LogP contribution >= 0.6 is 0 Å². The number of aryl methyl sites for hydroxylation is 1. The number of carbonyl (C=O) groups excluding carboxylic acids is 1. The van der Waals surface area contributed by atoms with E-state index in [2.05, 4.69) is 17.6 Å². The van der Waals surface area contributed by atoms with Crippen LogP contribution in [-0.2, 0) is 16.0 Å². The minimum atomic E-state index is -1.04. The van der Waals surface area contributed by atoms with Gasteiger partial charge in [-0.15, -0.1) is 0 Å². The second kappa shape index (κ2) is 10.7. The summed E-state index contributed by atoms with van der Waals surface area (Å²) in [6.07, 6.45) is 3.87. The van der Waals surface area contributed by atoms with Crippen molar-refractivity contribution in [2.24, 2.45) is 5.73 Å². The number of aliphatic carboxylic acids is 1. The van der Waals surface area contributed by atoms with Gasteiger partial charge in [0.1, 0.15) is 6.04 Å². The topological polar surface area (TPSA) is 104 Å². The molecule has 0 aromatic heterocycles. The highest BCUT2D eigenvalue weighted by molar-refractivity contribution is 5.94. The molecule has 0 aliphatic carbocycles. The number of carbonyl (C=O) groups is 2. The summed E-state index contributed by atoms with van der Waals surface area (Å²) in [6, 6.07) is 6.77. The van der Waals surface area contributed by atoms with Crippen molar-refractivity contribution in [1.29, 1.82) is 0 Å². The molecular weight excluding hydrogens is 294 g/mol. The van der Waals surface area contributed by atoms with Crippen LogP contribution in [0.5, 0.6) is 0 Å². The molecule has 1 atom stereocenters. The Kier molecular flexibility index (Phi) is 8.94. The van der Waals surface area contributed by atoms with Crippen molar-refractivity contribution in [2.75, 3.05) is 18.4 Å². The Bertz CT molecular complexity index is 488. The maximum Gasteiger partial charge on any atom is 0.321 e. The number of unbranched alkanes of at least 4 members (excludes halogenated alkanes) is 1. The molecule has 1 aromatic carbocycles. The van der Waals surface area contributed by atoms with Crippen molar-refractivity contribution < 1.29 is 14.7 Å². The average molecular weight is 321 g/mol. The normalized spacial score (nSPS) is 11.9. The van der Waals surface area contributed by atoms with Gasteiger partial charge in [-0.25, -0.2) is 0 Å². The van der Waals surface area contributed by atoms with E-state index in [4.69, 9.17) is 10.8 Å². The minimum Gasteiger partial charge on any atom is -0.480 e. The molecule has 0 spiro atoms. The standard InChI is InChI=1S/C17H27N3O3/c1-2-3-5-13-6-8-14(9-7-13)20-16(21)12-15(17(22)23)19-11-4-10-18/h6-9,15,19H,2-5,10-12,18H2,1H3,(H,20,21)(H,22,23)/t15-/m1/s1. The summed E-state index contributed by atoms with van der Waals surface area (Å²) >= 11 is 0. The number of rotatable bonds is 11. The lowest BCUT2D eigenvalue weighted by Crippen LogP contribution is -2.40. The molecule has 1 rings (SSSR count). The van der Waals surface area contributed by atoms with Crippen molar-refractivity contribution in [3.8, 4) is 0 Å². The number of nitrogens with one attached hydrogen (secondary N) is 2. The van der Waals surface area contributed by atoms with E-state index >= 15 is 0 Å². The summed E-state index contributed by atoms with van der Waals surface area (Å²) in [7, 11) is 0. The summed E-state index contributed by atoms with van der Waals surface area (Å²) in [4.78, 5) is 23.1. The monoisotopic (exact) mass is 321 g/mol. The molecule has 0 saturated carbocycles. The molecule has 0 saturated heterocycles. The van der Waals surface area contributed by atoms with E-state index < -0.39 is 12.0 Å². The van der Waals surface area contributed by atoms with Crippen LogP contribution in [0.4, 0.5) is 5.69 Å². The second-order valence-corrected chi connectivity index (χ2v) is 5.54. The Morgan fingerprint density at radius 2 is 1.91 bits per heavy atom. The number of nitrogens with two attached hydrogens (primary N) is 1. The molecule has 0 bridgehead atoms. The van der Waals surface area contributed by atoms with E-state index in [1.807, 2.05) is 24.3 Å². The van der Waals surface area contributed by atoms with Crippen LogP contribution in [0.25, 0.3) is 0 Å². The van der Waals surface area contributed by atoms with Gasteiger partial charge in [-0.3, -0.25) is 9.59 Å². The number of hydrogen-bond acceptors (Lipinski definition) is 4. The Hall–Kier alpha value is -1.92. The molecule has 0 aliphatic heterocycles. The first-order valence-corrected chi connectivity index (χ1v) is 8.11. The summed E-state index contributed by atoms with van der Waals surface area (Å²) in [5.41, 5.74) is 7.28. The maximum atomic E-state index is 12.0. The highest BCUT2D eigenvalue weighted by Crippen LogP contribution is 2.12. The van der Waals surface area contributed by atoms with Crippen LogP contribution in [0.15, 0.2) is 24.3 Å². The molecule has 0 radical (unpaired) electrons. The predicted octanol–water partition coefficient (Wildman–Crippen LogP) is 1.75. The third-order valence-electron chi connectivity index (χ3n) is 3.52. The Labute approximate surface area is 137 Å². The number of carboxylic acids is 1. The van der Waals surface area contributed by atoms with Crippen molar-refractivity contribution in [2.45, 2.75) is 45.1 Å². The minimum absolute atomic E-state index is 0.114. The summed E-state index contributed by atoms with van der Waals surface area (Å²) in [6.45, 7) is 3.11. The smallest absolute Gasteiger partial charge is 0.321 e.